The van der Waals surface area contributed by atoms with Crippen molar-refractivity contribution in [3.8, 4) is 11.5 Å². The highest BCUT2D eigenvalue weighted by Crippen LogP contribution is 2.33. The van der Waals surface area contributed by atoms with Crippen LogP contribution in [0.2, 0.25) is 0 Å². The molecule has 2 aliphatic rings. The molecule has 4 rings (SSSR count). The molecule has 2 N–H and O–H groups in total. The molecule has 0 bridgehead atoms. The molecular formula is C19H24N8O6. The zero-order valence-corrected chi connectivity index (χ0v) is 18.0. The van der Waals surface area contributed by atoms with Crippen LogP contribution in [0.3, 0.4) is 0 Å². The highest BCUT2D eigenvalue weighted by Gasteiger charge is 2.21. The molecule has 1 aromatic carbocycles. The first-order valence-corrected chi connectivity index (χ1v) is 10.3. The zero-order valence-electron chi connectivity index (χ0n) is 18.0. The van der Waals surface area contributed by atoms with Crippen LogP contribution >= 0.6 is 0 Å². The fourth-order valence-electron chi connectivity index (χ4n) is 3.35. The van der Waals surface area contributed by atoms with Crippen molar-refractivity contribution in [2.45, 2.75) is 0 Å². The van der Waals surface area contributed by atoms with Crippen molar-refractivity contribution in [3.63, 3.8) is 0 Å². The predicted octanol–water partition coefficient (Wildman–Crippen LogP) is 0.613. The molecule has 0 spiro atoms. The van der Waals surface area contributed by atoms with Gasteiger partial charge in [0.05, 0.1) is 50.7 Å². The molecule has 3 heterocycles. The molecule has 0 radical (unpaired) electrons. The Morgan fingerprint density at radius 2 is 1.67 bits per heavy atom. The number of hydrogen-bond donors (Lipinski definition) is 2. The number of rotatable bonds is 7. The van der Waals surface area contributed by atoms with Gasteiger partial charge in [-0.2, -0.15) is 20.1 Å². The van der Waals surface area contributed by atoms with Crippen molar-refractivity contribution in [2.24, 2.45) is 5.10 Å². The van der Waals surface area contributed by atoms with Gasteiger partial charge in [0, 0.05) is 37.8 Å². The van der Waals surface area contributed by atoms with Crippen molar-refractivity contribution < 1.29 is 24.2 Å². The zero-order chi connectivity index (χ0) is 23.2. The monoisotopic (exact) mass is 460 g/mol. The van der Waals surface area contributed by atoms with Gasteiger partial charge in [-0.15, -0.1) is 0 Å². The summed E-state index contributed by atoms with van der Waals surface area (Å²) in [6.07, 6.45) is 1.23. The maximum absolute atomic E-state index is 11.2. The molecule has 33 heavy (non-hydrogen) atoms. The summed E-state index contributed by atoms with van der Waals surface area (Å²) in [4.78, 5) is 28.1. The van der Waals surface area contributed by atoms with Gasteiger partial charge in [-0.3, -0.25) is 10.1 Å². The molecule has 0 atom stereocenters. The minimum Gasteiger partial charge on any atom is -0.504 e. The van der Waals surface area contributed by atoms with Gasteiger partial charge in [-0.25, -0.2) is 5.43 Å². The standard InChI is InChI=1S/C19H24N8O6/c1-31-15-11-14(27(29)30)10-13(16(15)28)12-20-24-17-21-18(25-2-6-32-7-3-25)23-19(22-17)26-4-8-33-9-5-26/h10-12,28H,2-9H2,1H3,(H,21,22,23,24)/b20-12-. The van der Waals surface area contributed by atoms with E-state index in [2.05, 4.69) is 25.5 Å². The lowest BCUT2D eigenvalue weighted by Crippen LogP contribution is -2.40. The van der Waals surface area contributed by atoms with E-state index in [1.54, 1.807) is 0 Å². The normalized spacial score (nSPS) is 16.8. The number of hydrogen-bond acceptors (Lipinski definition) is 13. The van der Waals surface area contributed by atoms with Crippen molar-refractivity contribution in [1.29, 1.82) is 0 Å². The van der Waals surface area contributed by atoms with E-state index in [9.17, 15) is 15.2 Å². The molecule has 2 aromatic rings. The number of aromatic hydroxyl groups is 1. The minimum absolute atomic E-state index is 0.0324. The summed E-state index contributed by atoms with van der Waals surface area (Å²) >= 11 is 0. The lowest BCUT2D eigenvalue weighted by molar-refractivity contribution is -0.385. The fraction of sp³-hybridized carbons (Fsp3) is 0.474. The van der Waals surface area contributed by atoms with E-state index >= 15 is 0 Å². The Morgan fingerprint density at radius 3 is 2.18 bits per heavy atom. The molecule has 2 fully saturated rings. The minimum atomic E-state index is -0.581. The van der Waals surface area contributed by atoms with Gasteiger partial charge < -0.3 is 29.1 Å². The van der Waals surface area contributed by atoms with Gasteiger partial charge in [-0.05, 0) is 0 Å². The number of nitro groups is 1. The Labute approximate surface area is 189 Å². The maximum Gasteiger partial charge on any atom is 0.274 e. The predicted molar refractivity (Wildman–Crippen MR) is 118 cm³/mol. The van der Waals surface area contributed by atoms with E-state index in [1.807, 2.05) is 9.80 Å². The molecule has 0 aliphatic carbocycles. The van der Waals surface area contributed by atoms with Crippen LogP contribution in [0.5, 0.6) is 11.5 Å². The number of hydrazone groups is 1. The van der Waals surface area contributed by atoms with Crippen LogP contribution in [-0.2, 0) is 9.47 Å². The third kappa shape index (κ3) is 5.35. The van der Waals surface area contributed by atoms with Gasteiger partial charge in [0.1, 0.15) is 0 Å². The maximum atomic E-state index is 11.2. The van der Waals surface area contributed by atoms with Crippen LogP contribution in [0.4, 0.5) is 23.5 Å². The van der Waals surface area contributed by atoms with E-state index < -0.39 is 4.92 Å². The Kier molecular flexibility index (Phi) is 6.95. The van der Waals surface area contributed by atoms with E-state index in [4.69, 9.17) is 14.2 Å². The van der Waals surface area contributed by atoms with Crippen LogP contribution in [0.25, 0.3) is 0 Å². The smallest absolute Gasteiger partial charge is 0.274 e. The largest absolute Gasteiger partial charge is 0.504 e. The number of aromatic nitrogens is 3. The molecule has 2 aliphatic heterocycles. The number of phenols is 1. The first-order chi connectivity index (χ1) is 16.0. The topological polar surface area (TPSA) is 161 Å². The van der Waals surface area contributed by atoms with Gasteiger partial charge in [0.25, 0.3) is 5.69 Å². The second-order valence-corrected chi connectivity index (χ2v) is 7.17. The summed E-state index contributed by atoms with van der Waals surface area (Å²) in [6, 6.07) is 2.32. The van der Waals surface area contributed by atoms with E-state index in [-0.39, 0.29) is 28.7 Å². The van der Waals surface area contributed by atoms with Gasteiger partial charge in [-0.1, -0.05) is 0 Å². The number of nitrogens with one attached hydrogen (secondary N) is 1. The van der Waals surface area contributed by atoms with Crippen LogP contribution in [0.15, 0.2) is 17.2 Å². The second-order valence-electron chi connectivity index (χ2n) is 7.17. The first kappa shape index (κ1) is 22.4. The van der Waals surface area contributed by atoms with E-state index in [1.165, 1.54) is 19.4 Å². The molecule has 14 nitrogen and oxygen atoms in total. The summed E-state index contributed by atoms with van der Waals surface area (Å²) in [7, 11) is 1.31. The molecule has 0 unspecified atom stereocenters. The number of benzene rings is 1. The number of ether oxygens (including phenoxy) is 3. The van der Waals surface area contributed by atoms with Crippen molar-refractivity contribution in [1.82, 2.24) is 15.0 Å². The van der Waals surface area contributed by atoms with Gasteiger partial charge in [0.2, 0.25) is 17.8 Å². The number of anilines is 3. The van der Waals surface area contributed by atoms with Crippen LogP contribution < -0.4 is 20.0 Å². The third-order valence-corrected chi connectivity index (χ3v) is 5.09. The number of morpholine rings is 2. The number of non-ortho nitro benzene ring substituents is 1. The number of methoxy groups -OCH3 is 1. The first-order valence-electron chi connectivity index (χ1n) is 10.3. The number of nitrogens with zero attached hydrogens (tertiary/aromatic N) is 7. The average molecular weight is 460 g/mol. The Hall–Kier alpha value is -3.78. The average Bonchev–Trinajstić information content (AvgIpc) is 2.86. The quantitative estimate of drug-likeness (QED) is 0.337. The molecule has 0 amide bonds. The lowest BCUT2D eigenvalue weighted by atomic mass is 10.2. The van der Waals surface area contributed by atoms with Crippen LogP contribution in [-0.4, -0.2) is 90.9 Å². The molecule has 14 heteroatoms. The van der Waals surface area contributed by atoms with E-state index in [0.29, 0.717) is 64.5 Å². The third-order valence-electron chi connectivity index (χ3n) is 5.09. The van der Waals surface area contributed by atoms with Crippen molar-refractivity contribution in [2.75, 3.05) is 74.9 Å². The number of nitro benzene ring substituents is 1. The summed E-state index contributed by atoms with van der Waals surface area (Å²) in [5.74, 6) is 0.878. The molecular weight excluding hydrogens is 436 g/mol. The van der Waals surface area contributed by atoms with Gasteiger partial charge >= 0.3 is 0 Å². The molecule has 2 saturated heterocycles. The van der Waals surface area contributed by atoms with Crippen LogP contribution in [0.1, 0.15) is 5.56 Å². The Bertz CT molecular complexity index is 987. The van der Waals surface area contributed by atoms with Crippen molar-refractivity contribution in [3.05, 3.63) is 27.8 Å². The number of phenolic OH excluding ortho intramolecular Hbond substituents is 1. The SMILES string of the molecule is COc1cc([N+](=O)[O-])cc(/C=N\Nc2nc(N3CCOCC3)nc(N3CCOCC3)n2)c1O. The summed E-state index contributed by atoms with van der Waals surface area (Å²) in [6.45, 7) is 4.90. The fourth-order valence-corrected chi connectivity index (χ4v) is 3.35. The Balaban J connectivity index is 1.60. The highest BCUT2D eigenvalue weighted by atomic mass is 16.6. The van der Waals surface area contributed by atoms with Crippen molar-refractivity contribution >= 4 is 29.7 Å². The summed E-state index contributed by atoms with van der Waals surface area (Å²) in [5.41, 5.74) is 2.60. The van der Waals surface area contributed by atoms with Gasteiger partial charge in [0.15, 0.2) is 11.5 Å². The summed E-state index contributed by atoms with van der Waals surface area (Å²) in [5, 5.41) is 25.5. The van der Waals surface area contributed by atoms with E-state index in [0.717, 1.165) is 6.07 Å². The molecule has 176 valence electrons. The second kappa shape index (κ2) is 10.2. The lowest BCUT2D eigenvalue weighted by Gasteiger charge is -2.30. The highest BCUT2D eigenvalue weighted by molar-refractivity contribution is 5.86. The summed E-state index contributed by atoms with van der Waals surface area (Å²) < 4.78 is 15.8. The van der Waals surface area contributed by atoms with Crippen LogP contribution in [0, 0.1) is 10.1 Å². The molecule has 0 saturated carbocycles. The Morgan fingerprint density at radius 1 is 1.09 bits per heavy atom. The molecule has 1 aromatic heterocycles.